The van der Waals surface area contributed by atoms with E-state index in [4.69, 9.17) is 10.4 Å². The number of nitrogens with zero attached hydrogens (tertiary/aromatic N) is 3. The Bertz CT molecular complexity index is 643. The normalized spacial score (nSPS) is 10.0. The average molecular weight is 245 g/mol. The zero-order valence-corrected chi connectivity index (χ0v) is 9.17. The van der Waals surface area contributed by atoms with Gasteiger partial charge in [0.15, 0.2) is 5.69 Å². The van der Waals surface area contributed by atoms with Gasteiger partial charge in [0.2, 0.25) is 0 Å². The van der Waals surface area contributed by atoms with Crippen molar-refractivity contribution in [3.8, 4) is 6.07 Å². The van der Waals surface area contributed by atoms with Crippen molar-refractivity contribution < 1.29 is 14.3 Å². The van der Waals surface area contributed by atoms with E-state index < -0.39 is 11.8 Å². The van der Waals surface area contributed by atoms with Gasteiger partial charge in [-0.15, -0.1) is 0 Å². The summed E-state index contributed by atoms with van der Waals surface area (Å²) in [6, 6.07) is 7.26. The minimum atomic E-state index is -1.11. The highest BCUT2D eigenvalue weighted by atomic mass is 19.1. The van der Waals surface area contributed by atoms with Crippen molar-refractivity contribution in [3.63, 3.8) is 0 Å². The Hall–Kier alpha value is -2.68. The van der Waals surface area contributed by atoms with Crippen LogP contribution < -0.4 is 0 Å². The summed E-state index contributed by atoms with van der Waals surface area (Å²) < 4.78 is 14.5. The Kier molecular flexibility index (Phi) is 3.06. The summed E-state index contributed by atoms with van der Waals surface area (Å²) >= 11 is 0. The van der Waals surface area contributed by atoms with E-state index in [1.807, 2.05) is 0 Å². The molecule has 6 heteroatoms. The quantitative estimate of drug-likeness (QED) is 0.891. The highest BCUT2D eigenvalue weighted by molar-refractivity contribution is 5.85. The van der Waals surface area contributed by atoms with Gasteiger partial charge in [0, 0.05) is 6.20 Å². The van der Waals surface area contributed by atoms with Crippen LogP contribution >= 0.6 is 0 Å². The molecule has 0 saturated carbocycles. The van der Waals surface area contributed by atoms with Gasteiger partial charge in [-0.25, -0.2) is 9.18 Å². The molecule has 18 heavy (non-hydrogen) atoms. The van der Waals surface area contributed by atoms with Crippen LogP contribution in [0.1, 0.15) is 21.6 Å². The monoisotopic (exact) mass is 245 g/mol. The first-order valence-electron chi connectivity index (χ1n) is 5.05. The van der Waals surface area contributed by atoms with Crippen LogP contribution in [0.4, 0.5) is 4.39 Å². The molecule has 1 aromatic heterocycles. The molecule has 0 bridgehead atoms. The van der Waals surface area contributed by atoms with Gasteiger partial charge in [-0.05, 0) is 23.8 Å². The van der Waals surface area contributed by atoms with E-state index in [-0.39, 0.29) is 17.8 Å². The second-order valence-corrected chi connectivity index (χ2v) is 3.63. The summed E-state index contributed by atoms with van der Waals surface area (Å²) in [7, 11) is 0. The number of aromatic carboxylic acids is 1. The average Bonchev–Trinajstić information content (AvgIpc) is 2.80. The Balaban J connectivity index is 2.23. The maximum Gasteiger partial charge on any atom is 0.356 e. The molecule has 0 unspecified atom stereocenters. The molecule has 5 nitrogen and oxygen atoms in total. The first-order valence-corrected chi connectivity index (χ1v) is 5.05. The Morgan fingerprint density at radius 2 is 2.28 bits per heavy atom. The van der Waals surface area contributed by atoms with Gasteiger partial charge in [-0.2, -0.15) is 10.4 Å². The summed E-state index contributed by atoms with van der Waals surface area (Å²) in [4.78, 5) is 10.6. The highest BCUT2D eigenvalue weighted by Gasteiger charge is 2.08. The molecule has 0 saturated heterocycles. The molecule has 0 spiro atoms. The Morgan fingerprint density at radius 1 is 1.50 bits per heavy atom. The van der Waals surface area contributed by atoms with Gasteiger partial charge < -0.3 is 5.11 Å². The zero-order valence-electron chi connectivity index (χ0n) is 9.17. The van der Waals surface area contributed by atoms with Crippen LogP contribution in [0.15, 0.2) is 30.5 Å². The van der Waals surface area contributed by atoms with Crippen molar-refractivity contribution in [2.75, 3.05) is 0 Å². The topological polar surface area (TPSA) is 78.9 Å². The molecule has 1 aromatic carbocycles. The zero-order chi connectivity index (χ0) is 13.1. The number of hydrogen-bond acceptors (Lipinski definition) is 3. The van der Waals surface area contributed by atoms with Gasteiger partial charge in [0.1, 0.15) is 11.9 Å². The number of benzene rings is 1. The SMILES string of the molecule is N#Cc1cc(Cn2ccc(C(=O)O)n2)ccc1F. The van der Waals surface area contributed by atoms with E-state index in [1.165, 1.54) is 35.1 Å². The van der Waals surface area contributed by atoms with Crippen molar-refractivity contribution in [1.82, 2.24) is 9.78 Å². The fourth-order valence-corrected chi connectivity index (χ4v) is 1.51. The molecular formula is C12H8FN3O2. The van der Waals surface area contributed by atoms with Crippen LogP contribution in [0.2, 0.25) is 0 Å². The van der Waals surface area contributed by atoms with Gasteiger partial charge in [0.05, 0.1) is 12.1 Å². The van der Waals surface area contributed by atoms with E-state index >= 15 is 0 Å². The van der Waals surface area contributed by atoms with Crippen LogP contribution in [0, 0.1) is 17.1 Å². The number of halogens is 1. The maximum absolute atomic E-state index is 13.1. The number of nitriles is 1. The number of carboxylic acid groups (broad SMARTS) is 1. The number of aromatic nitrogens is 2. The third-order valence-corrected chi connectivity index (χ3v) is 2.36. The van der Waals surface area contributed by atoms with Crippen LogP contribution in [0.3, 0.4) is 0 Å². The lowest BCUT2D eigenvalue weighted by molar-refractivity contribution is 0.0689. The smallest absolute Gasteiger partial charge is 0.356 e. The number of carboxylic acids is 1. The number of rotatable bonds is 3. The fourth-order valence-electron chi connectivity index (χ4n) is 1.51. The second-order valence-electron chi connectivity index (χ2n) is 3.63. The van der Waals surface area contributed by atoms with Crippen molar-refractivity contribution in [2.45, 2.75) is 6.54 Å². The first kappa shape index (κ1) is 11.8. The molecule has 0 radical (unpaired) electrons. The molecule has 2 rings (SSSR count). The van der Waals surface area contributed by atoms with E-state index in [2.05, 4.69) is 5.10 Å². The molecule has 0 aliphatic rings. The summed E-state index contributed by atoms with van der Waals surface area (Å²) in [5, 5.41) is 21.2. The summed E-state index contributed by atoms with van der Waals surface area (Å²) in [6.45, 7) is 0.280. The van der Waals surface area contributed by atoms with Crippen molar-refractivity contribution in [1.29, 1.82) is 5.26 Å². The van der Waals surface area contributed by atoms with Gasteiger partial charge in [-0.1, -0.05) is 6.07 Å². The lowest BCUT2D eigenvalue weighted by Crippen LogP contribution is -2.04. The minimum absolute atomic E-state index is 0.0434. The molecule has 0 aliphatic heterocycles. The molecule has 0 fully saturated rings. The molecule has 0 amide bonds. The predicted molar refractivity (Wildman–Crippen MR) is 59.4 cm³/mol. The summed E-state index contributed by atoms with van der Waals surface area (Å²) in [5.41, 5.74) is 0.573. The largest absolute Gasteiger partial charge is 0.476 e. The van der Waals surface area contributed by atoms with Crippen molar-refractivity contribution in [3.05, 3.63) is 53.1 Å². The third kappa shape index (κ3) is 2.35. The fraction of sp³-hybridized carbons (Fsp3) is 0.0833. The maximum atomic E-state index is 13.1. The van der Waals surface area contributed by atoms with Crippen LogP contribution in [0.5, 0.6) is 0 Å². The first-order chi connectivity index (χ1) is 8.60. The molecule has 2 aromatic rings. The van der Waals surface area contributed by atoms with E-state index in [9.17, 15) is 9.18 Å². The van der Waals surface area contributed by atoms with Crippen molar-refractivity contribution >= 4 is 5.97 Å². The van der Waals surface area contributed by atoms with Gasteiger partial charge in [0.25, 0.3) is 0 Å². The van der Waals surface area contributed by atoms with Crippen molar-refractivity contribution in [2.24, 2.45) is 0 Å². The molecule has 0 atom stereocenters. The van der Waals surface area contributed by atoms with Crippen LogP contribution in [-0.2, 0) is 6.54 Å². The number of hydrogen-bond donors (Lipinski definition) is 1. The van der Waals surface area contributed by atoms with E-state index in [1.54, 1.807) is 6.07 Å². The molecule has 1 heterocycles. The highest BCUT2D eigenvalue weighted by Crippen LogP contribution is 2.11. The van der Waals surface area contributed by atoms with Crippen LogP contribution in [-0.4, -0.2) is 20.9 Å². The molecular weight excluding hydrogens is 237 g/mol. The third-order valence-electron chi connectivity index (χ3n) is 2.36. The molecule has 0 aliphatic carbocycles. The number of carbonyl (C=O) groups is 1. The Morgan fingerprint density at radius 3 is 2.89 bits per heavy atom. The lowest BCUT2D eigenvalue weighted by atomic mass is 10.1. The second kappa shape index (κ2) is 4.67. The lowest BCUT2D eigenvalue weighted by Gasteiger charge is -2.02. The summed E-state index contributed by atoms with van der Waals surface area (Å²) in [6.07, 6.45) is 1.51. The Labute approximate surface area is 102 Å². The van der Waals surface area contributed by atoms with E-state index in [0.717, 1.165) is 0 Å². The molecule has 1 N–H and O–H groups in total. The van der Waals surface area contributed by atoms with Gasteiger partial charge in [-0.3, -0.25) is 4.68 Å². The predicted octanol–water partition coefficient (Wildman–Crippen LogP) is 1.64. The summed E-state index contributed by atoms with van der Waals surface area (Å²) in [5.74, 6) is -1.68. The van der Waals surface area contributed by atoms with Gasteiger partial charge >= 0.3 is 5.97 Å². The minimum Gasteiger partial charge on any atom is -0.476 e. The molecule has 90 valence electrons. The van der Waals surface area contributed by atoms with Crippen LogP contribution in [0.25, 0.3) is 0 Å². The standard InChI is InChI=1S/C12H8FN3O2/c13-10-2-1-8(5-9(10)6-14)7-16-4-3-11(15-16)12(17)18/h1-5H,7H2,(H,17,18). The van der Waals surface area contributed by atoms with E-state index in [0.29, 0.717) is 5.56 Å².